The first-order valence-electron chi connectivity index (χ1n) is 7.89. The second kappa shape index (κ2) is 6.40. The minimum atomic E-state index is -0.376. The van der Waals surface area contributed by atoms with Crippen LogP contribution in [0, 0.1) is 12.7 Å². The van der Waals surface area contributed by atoms with Crippen LogP contribution in [0.2, 0.25) is 0 Å². The van der Waals surface area contributed by atoms with E-state index in [1.165, 1.54) is 24.7 Å². The molecule has 0 saturated carbocycles. The third-order valence-electron chi connectivity index (χ3n) is 3.96. The van der Waals surface area contributed by atoms with E-state index in [0.717, 1.165) is 5.69 Å². The summed E-state index contributed by atoms with van der Waals surface area (Å²) in [6.45, 7) is 2.15. The smallest absolute Gasteiger partial charge is 0.263 e. The summed E-state index contributed by atoms with van der Waals surface area (Å²) in [5.74, 6) is 0.234. The van der Waals surface area contributed by atoms with E-state index in [1.807, 2.05) is 6.92 Å². The fourth-order valence-electron chi connectivity index (χ4n) is 2.61. The molecule has 0 aliphatic carbocycles. The minimum Gasteiger partial charge on any atom is -0.444 e. The first-order valence-corrected chi connectivity index (χ1v) is 7.89. The summed E-state index contributed by atoms with van der Waals surface area (Å²) in [5.41, 5.74) is 1.71. The van der Waals surface area contributed by atoms with Gasteiger partial charge in [-0.05, 0) is 19.1 Å². The summed E-state index contributed by atoms with van der Waals surface area (Å²) >= 11 is 0. The lowest BCUT2D eigenvalue weighted by atomic mass is 10.2. The molecule has 0 aliphatic rings. The van der Waals surface area contributed by atoms with Gasteiger partial charge in [0, 0.05) is 17.5 Å². The number of hydrogen-bond acceptors (Lipinski definition) is 5. The maximum atomic E-state index is 13.9. The van der Waals surface area contributed by atoms with Crippen molar-refractivity contribution in [3.05, 3.63) is 76.4 Å². The van der Waals surface area contributed by atoms with E-state index in [1.54, 1.807) is 28.9 Å². The summed E-state index contributed by atoms with van der Waals surface area (Å²) in [6.07, 6.45) is 4.23. The van der Waals surface area contributed by atoms with Gasteiger partial charge in [0.15, 0.2) is 5.82 Å². The molecule has 0 bridgehead atoms. The molecule has 26 heavy (non-hydrogen) atoms. The number of hydrogen-bond donors (Lipinski definition) is 1. The number of nitrogens with zero attached hydrogens (tertiary/aromatic N) is 4. The van der Waals surface area contributed by atoms with Gasteiger partial charge < -0.3 is 9.40 Å². The molecule has 0 fully saturated rings. The van der Waals surface area contributed by atoms with Gasteiger partial charge in [0.2, 0.25) is 5.89 Å². The number of oxazole rings is 1. The molecule has 3 heterocycles. The van der Waals surface area contributed by atoms with Crippen molar-refractivity contribution in [2.75, 3.05) is 0 Å². The Morgan fingerprint density at radius 2 is 2.12 bits per heavy atom. The van der Waals surface area contributed by atoms with Crippen LogP contribution in [0.1, 0.15) is 11.3 Å². The molecule has 130 valence electrons. The maximum Gasteiger partial charge on any atom is 0.263 e. The molecule has 0 saturated heterocycles. The van der Waals surface area contributed by atoms with Crippen LogP contribution in [-0.4, -0.2) is 24.7 Å². The van der Waals surface area contributed by atoms with E-state index in [2.05, 4.69) is 20.1 Å². The lowest BCUT2D eigenvalue weighted by Gasteiger charge is -2.05. The van der Waals surface area contributed by atoms with Crippen LogP contribution in [0.4, 0.5) is 4.39 Å². The number of aryl methyl sites for hydroxylation is 1. The Bertz CT molecular complexity index is 1110. The molecule has 0 spiro atoms. The number of H-pyrrole nitrogens is 1. The molecule has 7 nitrogen and oxygen atoms in total. The zero-order valence-electron chi connectivity index (χ0n) is 13.8. The van der Waals surface area contributed by atoms with Crippen molar-refractivity contribution in [1.29, 1.82) is 0 Å². The molecule has 0 radical (unpaired) electrons. The fraction of sp³-hybridized carbons (Fsp3) is 0.111. The fourth-order valence-corrected chi connectivity index (χ4v) is 2.61. The zero-order chi connectivity index (χ0) is 18.1. The molecule has 0 amide bonds. The molecule has 8 heteroatoms. The zero-order valence-corrected chi connectivity index (χ0v) is 13.8. The van der Waals surface area contributed by atoms with Crippen LogP contribution in [-0.2, 0) is 6.54 Å². The van der Waals surface area contributed by atoms with E-state index >= 15 is 0 Å². The Morgan fingerprint density at radius 3 is 2.85 bits per heavy atom. The highest BCUT2D eigenvalue weighted by Gasteiger charge is 2.14. The largest absolute Gasteiger partial charge is 0.444 e. The number of aromatic nitrogens is 5. The Labute approximate surface area is 147 Å². The topological polar surface area (TPSA) is 89.6 Å². The quantitative estimate of drug-likeness (QED) is 0.611. The van der Waals surface area contributed by atoms with Crippen LogP contribution in [0.15, 0.2) is 58.2 Å². The Balaban J connectivity index is 1.66. The summed E-state index contributed by atoms with van der Waals surface area (Å²) in [4.78, 5) is 23.1. The number of benzene rings is 1. The lowest BCUT2D eigenvalue weighted by molar-refractivity contribution is 0.573. The van der Waals surface area contributed by atoms with E-state index < -0.39 is 0 Å². The maximum absolute atomic E-state index is 13.9. The van der Waals surface area contributed by atoms with Crippen molar-refractivity contribution < 1.29 is 8.81 Å². The highest BCUT2D eigenvalue weighted by Crippen LogP contribution is 2.18. The number of halogens is 1. The van der Waals surface area contributed by atoms with E-state index in [4.69, 9.17) is 4.42 Å². The third kappa shape index (κ3) is 2.92. The highest BCUT2D eigenvalue weighted by atomic mass is 19.1. The van der Waals surface area contributed by atoms with Crippen molar-refractivity contribution in [2.45, 2.75) is 13.5 Å². The van der Waals surface area contributed by atoms with Crippen LogP contribution < -0.4 is 5.56 Å². The second-order valence-electron chi connectivity index (χ2n) is 5.73. The van der Waals surface area contributed by atoms with Gasteiger partial charge >= 0.3 is 0 Å². The van der Waals surface area contributed by atoms with Gasteiger partial charge in [-0.2, -0.15) is 5.10 Å². The lowest BCUT2D eigenvalue weighted by Crippen LogP contribution is -2.12. The van der Waals surface area contributed by atoms with Gasteiger partial charge in [-0.3, -0.25) is 9.48 Å². The van der Waals surface area contributed by atoms with Crippen molar-refractivity contribution in [2.24, 2.45) is 0 Å². The van der Waals surface area contributed by atoms with Crippen LogP contribution in [0.3, 0.4) is 0 Å². The molecular formula is C18H14FN5O2. The first-order chi connectivity index (χ1) is 12.6. The first kappa shape index (κ1) is 15.9. The molecular weight excluding hydrogens is 337 g/mol. The SMILES string of the molecule is Cc1cc(-c2ncc(-c3ncco3)c(=O)[nH]2)nn1Cc1ccccc1F. The standard InChI is InChI=1S/C18H14FN5O2/c1-11-8-15(23-24(11)10-12-4-2-3-5-14(12)19)16-21-9-13(17(25)22-16)18-20-6-7-26-18/h2-9H,10H2,1H3,(H,21,22,25). The van der Waals surface area contributed by atoms with Gasteiger partial charge in [0.05, 0.1) is 12.7 Å². The monoisotopic (exact) mass is 351 g/mol. The summed E-state index contributed by atoms with van der Waals surface area (Å²) in [7, 11) is 0. The Hall–Kier alpha value is -3.55. The molecule has 1 N–H and O–H groups in total. The highest BCUT2D eigenvalue weighted by molar-refractivity contribution is 5.54. The van der Waals surface area contributed by atoms with Crippen LogP contribution >= 0.6 is 0 Å². The van der Waals surface area contributed by atoms with Gasteiger partial charge in [-0.25, -0.2) is 14.4 Å². The van der Waals surface area contributed by atoms with Crippen molar-refractivity contribution in [3.63, 3.8) is 0 Å². The van der Waals surface area contributed by atoms with Gasteiger partial charge in [0.1, 0.15) is 23.3 Å². The number of rotatable bonds is 4. The molecule has 0 atom stereocenters. The molecule has 1 aromatic carbocycles. The van der Waals surface area contributed by atoms with Crippen molar-refractivity contribution in [1.82, 2.24) is 24.7 Å². The average molecular weight is 351 g/mol. The molecule has 0 aliphatic heterocycles. The van der Waals surface area contributed by atoms with Crippen LogP contribution in [0.5, 0.6) is 0 Å². The Morgan fingerprint density at radius 1 is 1.27 bits per heavy atom. The third-order valence-corrected chi connectivity index (χ3v) is 3.96. The molecule has 4 rings (SSSR count). The summed E-state index contributed by atoms with van der Waals surface area (Å²) in [5, 5.41) is 4.43. The summed E-state index contributed by atoms with van der Waals surface area (Å²) in [6, 6.07) is 8.32. The van der Waals surface area contributed by atoms with Crippen molar-refractivity contribution in [3.8, 4) is 23.0 Å². The minimum absolute atomic E-state index is 0.201. The average Bonchev–Trinajstić information content (AvgIpc) is 3.27. The second-order valence-corrected chi connectivity index (χ2v) is 5.73. The van der Waals surface area contributed by atoms with Crippen molar-refractivity contribution >= 4 is 0 Å². The summed E-state index contributed by atoms with van der Waals surface area (Å²) < 4.78 is 20.6. The normalized spacial score (nSPS) is 11.0. The van der Waals surface area contributed by atoms with Gasteiger partial charge in [-0.15, -0.1) is 0 Å². The molecule has 0 unspecified atom stereocenters. The van der Waals surface area contributed by atoms with E-state index in [-0.39, 0.29) is 29.4 Å². The molecule has 4 aromatic rings. The number of nitrogens with one attached hydrogen (secondary N) is 1. The van der Waals surface area contributed by atoms with E-state index in [0.29, 0.717) is 17.1 Å². The van der Waals surface area contributed by atoms with Gasteiger partial charge in [0.25, 0.3) is 5.56 Å². The predicted octanol–water partition coefficient (Wildman–Crippen LogP) is 2.78. The number of aromatic amines is 1. The van der Waals surface area contributed by atoms with Crippen LogP contribution in [0.25, 0.3) is 23.0 Å². The Kier molecular flexibility index (Phi) is 3.92. The van der Waals surface area contributed by atoms with Gasteiger partial charge in [-0.1, -0.05) is 18.2 Å². The molecule has 3 aromatic heterocycles. The van der Waals surface area contributed by atoms with E-state index in [9.17, 15) is 9.18 Å². The predicted molar refractivity (Wildman–Crippen MR) is 91.8 cm³/mol.